The minimum absolute atomic E-state index is 0.241. The van der Waals surface area contributed by atoms with E-state index in [1.807, 2.05) is 0 Å². The second-order valence-electron chi connectivity index (χ2n) is 4.99. The molecule has 0 radical (unpaired) electrons. The lowest BCUT2D eigenvalue weighted by Gasteiger charge is -2.19. The van der Waals surface area contributed by atoms with Gasteiger partial charge in [-0.05, 0) is 36.8 Å². The zero-order valence-corrected chi connectivity index (χ0v) is 13.1. The quantitative estimate of drug-likeness (QED) is 0.845. The molecule has 1 heterocycles. The number of nitrogens with zero attached hydrogens (tertiary/aromatic N) is 1. The van der Waals surface area contributed by atoms with Crippen LogP contribution < -0.4 is 4.31 Å². The average Bonchev–Trinajstić information content (AvgIpc) is 2.66. The maximum atomic E-state index is 12.7. The Hall–Kier alpha value is -1.89. The molecule has 0 N–H and O–H groups in total. The summed E-state index contributed by atoms with van der Waals surface area (Å²) >= 11 is 5.83. The molecule has 0 spiro atoms. The van der Waals surface area contributed by atoms with Crippen LogP contribution in [0, 0.1) is 0 Å². The Bertz CT molecular complexity index is 820. The lowest BCUT2D eigenvalue weighted by Crippen LogP contribution is -2.36. The van der Waals surface area contributed by atoms with Gasteiger partial charge in [0.1, 0.15) is 0 Å². The zero-order valence-electron chi connectivity index (χ0n) is 11.6. The van der Waals surface area contributed by atoms with Gasteiger partial charge in [-0.15, -0.1) is 0 Å². The normalized spacial score (nSPS) is 23.7. The van der Waals surface area contributed by atoms with Gasteiger partial charge in [0.05, 0.1) is 5.69 Å². The molecular formula is C15H12ClNO4S. The van der Waals surface area contributed by atoms with Crippen molar-refractivity contribution in [2.45, 2.75) is 12.5 Å². The number of benzene rings is 2. The van der Waals surface area contributed by atoms with Gasteiger partial charge in [-0.1, -0.05) is 41.9 Å². The smallest absolute Gasteiger partial charge is 0.269 e. The van der Waals surface area contributed by atoms with Crippen molar-refractivity contribution in [1.82, 2.24) is 0 Å². The molecule has 114 valence electrons. The molecule has 1 saturated heterocycles. The van der Waals surface area contributed by atoms with Crippen molar-refractivity contribution in [2.75, 3.05) is 4.31 Å². The minimum Gasteiger partial charge on any atom is -0.269 e. The van der Waals surface area contributed by atoms with Crippen LogP contribution in [0.5, 0.6) is 0 Å². The van der Waals surface area contributed by atoms with Gasteiger partial charge in [0.2, 0.25) is 0 Å². The molecule has 0 aromatic heterocycles. The highest BCUT2D eigenvalue weighted by atomic mass is 35.5. The van der Waals surface area contributed by atoms with Gasteiger partial charge in [0, 0.05) is 5.02 Å². The molecule has 3 rings (SSSR count). The second kappa shape index (κ2) is 5.08. The number of hydrogen-bond donors (Lipinski definition) is 0. The number of anilines is 1. The number of halogens is 1. The fourth-order valence-electron chi connectivity index (χ4n) is 2.33. The Balaban J connectivity index is 2.10. The van der Waals surface area contributed by atoms with E-state index in [0.29, 0.717) is 14.9 Å². The Morgan fingerprint density at radius 1 is 1.05 bits per heavy atom. The summed E-state index contributed by atoms with van der Waals surface area (Å²) in [5.74, 6) is -0.666. The monoisotopic (exact) mass is 337 g/mol. The van der Waals surface area contributed by atoms with Gasteiger partial charge < -0.3 is 0 Å². The fraction of sp³-hybridized carbons (Fsp3) is 0.133. The van der Waals surface area contributed by atoms with Gasteiger partial charge in [-0.2, -0.15) is 12.7 Å². The van der Waals surface area contributed by atoms with Crippen LogP contribution in [0.1, 0.15) is 12.5 Å². The third-order valence-electron chi connectivity index (χ3n) is 3.47. The van der Waals surface area contributed by atoms with E-state index < -0.39 is 21.8 Å². The van der Waals surface area contributed by atoms with Crippen LogP contribution >= 0.6 is 11.6 Å². The van der Waals surface area contributed by atoms with Gasteiger partial charge in [-0.3, -0.25) is 4.79 Å². The number of carbonyl (C=O) groups is 1. The molecule has 0 saturated carbocycles. The summed E-state index contributed by atoms with van der Waals surface area (Å²) in [5, 5.41) is 0.487. The maximum absolute atomic E-state index is 12.7. The molecule has 5 nitrogen and oxygen atoms in total. The lowest BCUT2D eigenvalue weighted by atomic mass is 9.95. The number of rotatable bonds is 2. The van der Waals surface area contributed by atoms with E-state index in [9.17, 15) is 13.2 Å². The summed E-state index contributed by atoms with van der Waals surface area (Å²) in [6.45, 7) is 1.43. The van der Waals surface area contributed by atoms with Gasteiger partial charge in [-0.25, -0.2) is 4.18 Å². The lowest BCUT2D eigenvalue weighted by molar-refractivity contribution is -0.128. The van der Waals surface area contributed by atoms with Crippen LogP contribution in [0.4, 0.5) is 5.69 Å². The molecule has 2 aromatic rings. The summed E-state index contributed by atoms with van der Waals surface area (Å²) in [4.78, 5) is 12.7. The molecule has 7 heteroatoms. The Labute approximate surface area is 133 Å². The molecule has 1 aliphatic heterocycles. The van der Waals surface area contributed by atoms with Crippen LogP contribution in [-0.4, -0.2) is 14.3 Å². The highest BCUT2D eigenvalue weighted by Crippen LogP contribution is 2.40. The number of para-hydroxylation sites is 1. The van der Waals surface area contributed by atoms with Crippen LogP contribution in [0.15, 0.2) is 54.6 Å². The predicted octanol–water partition coefficient (Wildman–Crippen LogP) is 2.86. The molecule has 1 atom stereocenters. The molecule has 1 fully saturated rings. The molecule has 1 amide bonds. The first-order valence-electron chi connectivity index (χ1n) is 6.46. The van der Waals surface area contributed by atoms with Crippen LogP contribution in [0.25, 0.3) is 0 Å². The third-order valence-corrected chi connectivity index (χ3v) is 5.09. The first kappa shape index (κ1) is 15.0. The molecule has 2 aromatic carbocycles. The van der Waals surface area contributed by atoms with Crippen molar-refractivity contribution in [2.24, 2.45) is 0 Å². The van der Waals surface area contributed by atoms with Crippen molar-refractivity contribution in [3.05, 3.63) is 65.2 Å². The number of hydrogen-bond acceptors (Lipinski definition) is 4. The van der Waals surface area contributed by atoms with E-state index in [-0.39, 0.29) is 5.69 Å². The molecular weight excluding hydrogens is 326 g/mol. The molecule has 1 unspecified atom stereocenters. The second-order valence-corrected chi connectivity index (χ2v) is 6.81. The summed E-state index contributed by atoms with van der Waals surface area (Å²) in [6.07, 6.45) is 0. The number of carbonyl (C=O) groups excluding carboxylic acids is 1. The van der Waals surface area contributed by atoms with Crippen molar-refractivity contribution in [3.8, 4) is 0 Å². The van der Waals surface area contributed by atoms with Crippen LogP contribution in [0.3, 0.4) is 0 Å². The van der Waals surface area contributed by atoms with Crippen molar-refractivity contribution < 1.29 is 17.4 Å². The maximum Gasteiger partial charge on any atom is 0.370 e. The van der Waals surface area contributed by atoms with E-state index in [4.69, 9.17) is 15.8 Å². The van der Waals surface area contributed by atoms with Gasteiger partial charge in [0.25, 0.3) is 5.91 Å². The Kier molecular flexibility index (Phi) is 3.47. The third kappa shape index (κ3) is 2.29. The van der Waals surface area contributed by atoms with Gasteiger partial charge >= 0.3 is 10.3 Å². The Morgan fingerprint density at radius 2 is 1.64 bits per heavy atom. The predicted molar refractivity (Wildman–Crippen MR) is 82.7 cm³/mol. The minimum atomic E-state index is -4.20. The van der Waals surface area contributed by atoms with E-state index in [0.717, 1.165) is 0 Å². The zero-order chi connectivity index (χ0) is 16.0. The van der Waals surface area contributed by atoms with E-state index >= 15 is 0 Å². The standard InChI is InChI=1S/C15H12ClNO4S/c1-15(11-7-9-12(16)10-8-11)14(18)17(22(19,20)21-15)13-5-3-2-4-6-13/h2-10H,1H3. The highest BCUT2D eigenvalue weighted by Gasteiger charge is 2.55. The first-order valence-corrected chi connectivity index (χ1v) is 8.20. The summed E-state index contributed by atoms with van der Waals surface area (Å²) < 4.78 is 30.4. The molecule has 0 aliphatic carbocycles. The Morgan fingerprint density at radius 3 is 2.23 bits per heavy atom. The topological polar surface area (TPSA) is 63.7 Å². The molecule has 1 aliphatic rings. The van der Waals surface area contributed by atoms with Crippen LogP contribution in [-0.2, 0) is 24.9 Å². The van der Waals surface area contributed by atoms with Gasteiger partial charge in [0.15, 0.2) is 5.60 Å². The first-order chi connectivity index (χ1) is 10.3. The van der Waals surface area contributed by atoms with E-state index in [2.05, 4.69) is 0 Å². The van der Waals surface area contributed by atoms with Crippen LogP contribution in [0.2, 0.25) is 5.02 Å². The van der Waals surface area contributed by atoms with Crippen molar-refractivity contribution in [1.29, 1.82) is 0 Å². The largest absolute Gasteiger partial charge is 0.370 e. The summed E-state index contributed by atoms with van der Waals surface area (Å²) in [7, 11) is -4.20. The SMILES string of the molecule is CC1(c2ccc(Cl)cc2)OS(=O)(=O)N(c2ccccc2)C1=O. The van der Waals surface area contributed by atoms with E-state index in [1.54, 1.807) is 42.5 Å². The fourth-order valence-corrected chi connectivity index (χ4v) is 3.87. The number of amides is 1. The van der Waals surface area contributed by atoms with Crippen molar-refractivity contribution in [3.63, 3.8) is 0 Å². The average molecular weight is 338 g/mol. The summed E-state index contributed by atoms with van der Waals surface area (Å²) in [6, 6.07) is 14.4. The summed E-state index contributed by atoms with van der Waals surface area (Å²) in [5.41, 5.74) is -0.951. The highest BCUT2D eigenvalue weighted by molar-refractivity contribution is 7.89. The van der Waals surface area contributed by atoms with Crippen molar-refractivity contribution >= 4 is 33.5 Å². The molecule has 22 heavy (non-hydrogen) atoms. The molecule has 0 bridgehead atoms. The van der Waals surface area contributed by atoms with E-state index in [1.165, 1.54) is 19.1 Å².